The Labute approximate surface area is 100.0 Å². The van der Waals surface area contributed by atoms with Gasteiger partial charge in [0.15, 0.2) is 0 Å². The Morgan fingerprint density at radius 3 is 2.81 bits per heavy atom. The molecule has 0 unspecified atom stereocenters. The first-order chi connectivity index (χ1) is 7.65. The van der Waals surface area contributed by atoms with Gasteiger partial charge in [-0.1, -0.05) is 24.3 Å². The quantitative estimate of drug-likeness (QED) is 0.584. The highest BCUT2D eigenvalue weighted by molar-refractivity contribution is 6.33. The third kappa shape index (κ3) is 2.36. The van der Waals surface area contributed by atoms with Crippen LogP contribution in [0.25, 0.3) is 6.08 Å². The van der Waals surface area contributed by atoms with Gasteiger partial charge in [0.05, 0.1) is 11.6 Å². The van der Waals surface area contributed by atoms with Crippen molar-refractivity contribution in [3.05, 3.63) is 41.7 Å². The maximum absolute atomic E-state index is 11.7. The van der Waals surface area contributed by atoms with Crippen molar-refractivity contribution in [2.45, 2.75) is 13.5 Å². The number of esters is 1. The summed E-state index contributed by atoms with van der Waals surface area (Å²) in [6, 6.07) is 1.68. The molecule has 0 aliphatic heterocycles. The lowest BCUT2D eigenvalue weighted by molar-refractivity contribution is 0.0514. The Kier molecular flexibility index (Phi) is 4.38. The minimum atomic E-state index is -0.428. The molecule has 0 aromatic carbocycles. The van der Waals surface area contributed by atoms with Crippen LogP contribution in [0.5, 0.6) is 0 Å². The Morgan fingerprint density at radius 2 is 2.31 bits per heavy atom. The van der Waals surface area contributed by atoms with E-state index in [4.69, 9.17) is 16.3 Å². The summed E-state index contributed by atoms with van der Waals surface area (Å²) < 4.78 is 6.66. The van der Waals surface area contributed by atoms with E-state index in [1.54, 1.807) is 29.7 Å². The molecule has 0 bridgehead atoms. The Balaban J connectivity index is 3.23. The third-order valence-electron chi connectivity index (χ3n) is 2.07. The van der Waals surface area contributed by atoms with Gasteiger partial charge in [0.2, 0.25) is 0 Å². The first kappa shape index (κ1) is 12.6. The summed E-state index contributed by atoms with van der Waals surface area (Å²) in [4.78, 5) is 11.7. The zero-order chi connectivity index (χ0) is 12.1. The Bertz CT molecular complexity index is 421. The van der Waals surface area contributed by atoms with Crippen molar-refractivity contribution in [2.24, 2.45) is 0 Å². The van der Waals surface area contributed by atoms with E-state index < -0.39 is 5.97 Å². The van der Waals surface area contributed by atoms with Gasteiger partial charge in [0.1, 0.15) is 5.69 Å². The van der Waals surface area contributed by atoms with Gasteiger partial charge in [0.25, 0.3) is 0 Å². The molecular weight excluding hydrogens is 226 g/mol. The Morgan fingerprint density at radius 1 is 1.62 bits per heavy atom. The van der Waals surface area contributed by atoms with Crippen LogP contribution in [0.3, 0.4) is 0 Å². The second-order valence-electron chi connectivity index (χ2n) is 3.09. The summed E-state index contributed by atoms with van der Waals surface area (Å²) in [5.41, 5.74) is 1.12. The number of hydrogen-bond donors (Lipinski definition) is 0. The molecule has 0 saturated heterocycles. The highest BCUT2D eigenvalue weighted by Gasteiger charge is 2.19. The fraction of sp³-hybridized carbons (Fsp3) is 0.250. The highest BCUT2D eigenvalue weighted by Crippen LogP contribution is 2.23. The van der Waals surface area contributed by atoms with Crippen LogP contribution in [0, 0.1) is 0 Å². The van der Waals surface area contributed by atoms with Gasteiger partial charge in [-0.15, -0.1) is 6.58 Å². The van der Waals surface area contributed by atoms with Crippen molar-refractivity contribution in [3.63, 3.8) is 0 Å². The van der Waals surface area contributed by atoms with E-state index in [-0.39, 0.29) is 0 Å². The largest absolute Gasteiger partial charge is 0.461 e. The lowest BCUT2D eigenvalue weighted by Gasteiger charge is -2.08. The van der Waals surface area contributed by atoms with Crippen molar-refractivity contribution >= 4 is 23.6 Å². The molecule has 16 heavy (non-hydrogen) atoms. The fourth-order valence-corrected chi connectivity index (χ4v) is 1.73. The topological polar surface area (TPSA) is 31.2 Å². The van der Waals surface area contributed by atoms with E-state index in [0.29, 0.717) is 23.9 Å². The van der Waals surface area contributed by atoms with Gasteiger partial charge in [-0.3, -0.25) is 0 Å². The van der Waals surface area contributed by atoms with E-state index in [0.717, 1.165) is 5.69 Å². The van der Waals surface area contributed by atoms with Crippen LogP contribution in [0.1, 0.15) is 23.1 Å². The maximum atomic E-state index is 11.7. The number of rotatable bonds is 5. The van der Waals surface area contributed by atoms with Crippen LogP contribution >= 0.6 is 11.6 Å². The van der Waals surface area contributed by atoms with Crippen molar-refractivity contribution in [2.75, 3.05) is 6.61 Å². The van der Waals surface area contributed by atoms with E-state index >= 15 is 0 Å². The summed E-state index contributed by atoms with van der Waals surface area (Å²) in [5, 5.41) is 0.371. The summed E-state index contributed by atoms with van der Waals surface area (Å²) in [7, 11) is 0. The number of nitrogens with zero attached hydrogens (tertiary/aromatic N) is 1. The Hall–Kier alpha value is -1.48. The molecule has 4 heteroatoms. The number of aromatic nitrogens is 1. The molecule has 0 aliphatic carbocycles. The van der Waals surface area contributed by atoms with Gasteiger partial charge >= 0.3 is 5.97 Å². The average molecular weight is 240 g/mol. The second kappa shape index (κ2) is 5.56. The van der Waals surface area contributed by atoms with E-state index in [2.05, 4.69) is 13.2 Å². The normalized spacial score (nSPS) is 9.88. The van der Waals surface area contributed by atoms with Gasteiger partial charge < -0.3 is 9.30 Å². The first-order valence-corrected chi connectivity index (χ1v) is 5.33. The van der Waals surface area contributed by atoms with Crippen LogP contribution < -0.4 is 0 Å². The lowest BCUT2D eigenvalue weighted by atomic mass is 10.4. The van der Waals surface area contributed by atoms with Crippen molar-refractivity contribution in [3.8, 4) is 0 Å². The van der Waals surface area contributed by atoms with Gasteiger partial charge in [-0.2, -0.15) is 0 Å². The van der Waals surface area contributed by atoms with E-state index in [1.807, 2.05) is 0 Å². The van der Waals surface area contributed by atoms with Crippen LogP contribution in [-0.2, 0) is 11.3 Å². The predicted octanol–water partition coefficient (Wildman–Crippen LogP) is 3.15. The molecule has 1 heterocycles. The summed E-state index contributed by atoms with van der Waals surface area (Å²) in [5.74, 6) is -0.428. The number of hydrogen-bond acceptors (Lipinski definition) is 2. The van der Waals surface area contributed by atoms with Crippen LogP contribution in [0.15, 0.2) is 25.3 Å². The molecule has 0 fully saturated rings. The minimum absolute atomic E-state index is 0.317. The molecule has 3 nitrogen and oxygen atoms in total. The average Bonchev–Trinajstić information content (AvgIpc) is 2.56. The van der Waals surface area contributed by atoms with E-state index in [9.17, 15) is 4.79 Å². The molecule has 0 spiro atoms. The van der Waals surface area contributed by atoms with Gasteiger partial charge in [0, 0.05) is 12.2 Å². The smallest absolute Gasteiger partial charge is 0.356 e. The number of carbonyl (C=O) groups excluding carboxylic acids is 1. The predicted molar refractivity (Wildman–Crippen MR) is 65.7 cm³/mol. The summed E-state index contributed by atoms with van der Waals surface area (Å²) >= 11 is 5.99. The van der Waals surface area contributed by atoms with Gasteiger partial charge in [-0.05, 0) is 19.1 Å². The van der Waals surface area contributed by atoms with Crippen molar-refractivity contribution in [1.82, 2.24) is 4.57 Å². The summed E-state index contributed by atoms with van der Waals surface area (Å²) in [6.07, 6.45) is 3.32. The van der Waals surface area contributed by atoms with E-state index in [1.165, 1.54) is 0 Å². The maximum Gasteiger partial charge on any atom is 0.356 e. The van der Waals surface area contributed by atoms with Crippen LogP contribution in [-0.4, -0.2) is 17.1 Å². The van der Waals surface area contributed by atoms with Crippen LogP contribution in [0.2, 0.25) is 5.02 Å². The summed E-state index contributed by atoms with van der Waals surface area (Å²) in [6.45, 7) is 9.86. The molecule has 1 rings (SSSR count). The number of halogens is 1. The SMILES string of the molecule is C=CCn1c(C=C)cc(Cl)c1C(=O)OCC. The molecule has 1 aromatic heterocycles. The highest BCUT2D eigenvalue weighted by atomic mass is 35.5. The van der Waals surface area contributed by atoms with Gasteiger partial charge in [-0.25, -0.2) is 4.79 Å². The molecule has 1 aromatic rings. The molecular formula is C12H14ClNO2. The molecule has 0 amide bonds. The zero-order valence-electron chi connectivity index (χ0n) is 9.20. The standard InChI is InChI=1S/C12H14ClNO2/c1-4-7-14-9(5-2)8-10(13)11(14)12(15)16-6-3/h4-5,8H,1-2,6-7H2,3H3. The lowest BCUT2D eigenvalue weighted by Crippen LogP contribution is -2.13. The minimum Gasteiger partial charge on any atom is -0.461 e. The number of ether oxygens (including phenoxy) is 1. The fourth-order valence-electron chi connectivity index (χ4n) is 1.44. The van der Waals surface area contributed by atoms with Crippen molar-refractivity contribution in [1.29, 1.82) is 0 Å². The first-order valence-electron chi connectivity index (χ1n) is 4.95. The van der Waals surface area contributed by atoms with Crippen molar-refractivity contribution < 1.29 is 9.53 Å². The molecule has 86 valence electrons. The molecule has 0 saturated carbocycles. The second-order valence-corrected chi connectivity index (χ2v) is 3.50. The zero-order valence-corrected chi connectivity index (χ0v) is 9.96. The molecule has 0 N–H and O–H groups in total. The number of allylic oxidation sites excluding steroid dienone is 1. The van der Waals surface area contributed by atoms with Crippen LogP contribution in [0.4, 0.5) is 0 Å². The molecule has 0 radical (unpaired) electrons. The third-order valence-corrected chi connectivity index (χ3v) is 2.36. The molecule has 0 atom stereocenters. The number of carbonyl (C=O) groups is 1. The molecule has 0 aliphatic rings. The monoisotopic (exact) mass is 239 g/mol.